The summed E-state index contributed by atoms with van der Waals surface area (Å²) in [7, 11) is 0. The second-order valence-electron chi connectivity index (χ2n) is 4.96. The Morgan fingerprint density at radius 1 is 1.17 bits per heavy atom. The molecule has 0 atom stereocenters. The van der Waals surface area contributed by atoms with E-state index in [-0.39, 0.29) is 24.8 Å². The van der Waals surface area contributed by atoms with Gasteiger partial charge in [0.1, 0.15) is 5.60 Å². The maximum Gasteiger partial charge on any atom is 0.308 e. The SMILES string of the molecule is CC(C)(C)OC(=O)CCNC(=O)c1ccccc1. The van der Waals surface area contributed by atoms with Crippen molar-refractivity contribution in [3.63, 3.8) is 0 Å². The highest BCUT2D eigenvalue weighted by molar-refractivity contribution is 5.94. The molecule has 0 unspecified atom stereocenters. The van der Waals surface area contributed by atoms with Crippen molar-refractivity contribution in [2.75, 3.05) is 6.54 Å². The molecule has 0 aliphatic carbocycles. The molecule has 98 valence electrons. The van der Waals surface area contributed by atoms with Crippen molar-refractivity contribution in [1.82, 2.24) is 5.32 Å². The maximum atomic E-state index is 11.6. The third-order valence-corrected chi connectivity index (χ3v) is 2.07. The van der Waals surface area contributed by atoms with Crippen molar-refractivity contribution in [3.05, 3.63) is 35.9 Å². The summed E-state index contributed by atoms with van der Waals surface area (Å²) in [6, 6.07) is 8.88. The molecule has 0 radical (unpaired) electrons. The number of ether oxygens (including phenoxy) is 1. The van der Waals surface area contributed by atoms with Gasteiger partial charge in [0.05, 0.1) is 6.42 Å². The zero-order valence-corrected chi connectivity index (χ0v) is 11.0. The molecule has 18 heavy (non-hydrogen) atoms. The molecule has 0 bridgehead atoms. The largest absolute Gasteiger partial charge is 0.460 e. The van der Waals surface area contributed by atoms with Gasteiger partial charge in [-0.25, -0.2) is 0 Å². The molecule has 0 saturated heterocycles. The summed E-state index contributed by atoms with van der Waals surface area (Å²) < 4.78 is 5.13. The van der Waals surface area contributed by atoms with Gasteiger partial charge in [0, 0.05) is 12.1 Å². The first kappa shape index (κ1) is 14.2. The number of hydrogen-bond donors (Lipinski definition) is 1. The fourth-order valence-electron chi connectivity index (χ4n) is 1.36. The van der Waals surface area contributed by atoms with Crippen molar-refractivity contribution in [2.24, 2.45) is 0 Å². The summed E-state index contributed by atoms with van der Waals surface area (Å²) >= 11 is 0. The predicted octanol–water partition coefficient (Wildman–Crippen LogP) is 2.15. The minimum absolute atomic E-state index is 0.176. The molecule has 0 fully saturated rings. The fourth-order valence-corrected chi connectivity index (χ4v) is 1.36. The number of benzene rings is 1. The quantitative estimate of drug-likeness (QED) is 0.832. The van der Waals surface area contributed by atoms with Gasteiger partial charge in [0.25, 0.3) is 5.91 Å². The predicted molar refractivity (Wildman–Crippen MR) is 69.2 cm³/mol. The van der Waals surface area contributed by atoms with Crippen LogP contribution >= 0.6 is 0 Å². The van der Waals surface area contributed by atoms with E-state index >= 15 is 0 Å². The number of amides is 1. The highest BCUT2D eigenvalue weighted by Gasteiger charge is 2.16. The summed E-state index contributed by atoms with van der Waals surface area (Å²) in [5, 5.41) is 2.68. The van der Waals surface area contributed by atoms with Crippen molar-refractivity contribution in [3.8, 4) is 0 Å². The minimum atomic E-state index is -0.486. The van der Waals surface area contributed by atoms with Gasteiger partial charge in [0.2, 0.25) is 0 Å². The van der Waals surface area contributed by atoms with Crippen molar-refractivity contribution < 1.29 is 14.3 Å². The van der Waals surface area contributed by atoms with Crippen molar-refractivity contribution in [2.45, 2.75) is 32.8 Å². The molecule has 0 aliphatic heterocycles. The monoisotopic (exact) mass is 249 g/mol. The molecule has 1 aromatic rings. The first-order valence-electron chi connectivity index (χ1n) is 5.93. The van der Waals surface area contributed by atoms with Crippen LogP contribution in [0.2, 0.25) is 0 Å². The number of esters is 1. The molecule has 1 N–H and O–H groups in total. The van der Waals surface area contributed by atoms with E-state index in [9.17, 15) is 9.59 Å². The van der Waals surface area contributed by atoms with Gasteiger partial charge in [-0.3, -0.25) is 9.59 Å². The Balaban J connectivity index is 2.30. The normalized spacial score (nSPS) is 10.8. The standard InChI is InChI=1S/C14H19NO3/c1-14(2,3)18-12(16)9-10-15-13(17)11-7-5-4-6-8-11/h4-8H,9-10H2,1-3H3,(H,15,17). The van der Waals surface area contributed by atoms with Gasteiger partial charge < -0.3 is 10.1 Å². The summed E-state index contributed by atoms with van der Waals surface area (Å²) in [5.41, 5.74) is 0.0993. The van der Waals surface area contributed by atoms with Crippen LogP contribution in [0, 0.1) is 0 Å². The Bertz CT molecular complexity index is 407. The lowest BCUT2D eigenvalue weighted by Crippen LogP contribution is -2.29. The molecule has 1 amide bonds. The average Bonchev–Trinajstić information content (AvgIpc) is 2.27. The molecule has 1 aromatic carbocycles. The lowest BCUT2D eigenvalue weighted by atomic mass is 10.2. The first-order chi connectivity index (χ1) is 8.38. The lowest BCUT2D eigenvalue weighted by molar-refractivity contribution is -0.154. The van der Waals surface area contributed by atoms with E-state index < -0.39 is 5.60 Å². The Morgan fingerprint density at radius 2 is 1.78 bits per heavy atom. The number of nitrogens with one attached hydrogen (secondary N) is 1. The molecule has 0 aromatic heterocycles. The third-order valence-electron chi connectivity index (χ3n) is 2.07. The maximum absolute atomic E-state index is 11.6. The van der Waals surface area contributed by atoms with E-state index in [1.165, 1.54) is 0 Å². The number of carbonyl (C=O) groups excluding carboxylic acids is 2. The van der Waals surface area contributed by atoms with Crippen LogP contribution in [0.15, 0.2) is 30.3 Å². The van der Waals surface area contributed by atoms with E-state index in [1.54, 1.807) is 24.3 Å². The smallest absolute Gasteiger partial charge is 0.308 e. The van der Waals surface area contributed by atoms with Crippen LogP contribution in [0.3, 0.4) is 0 Å². The van der Waals surface area contributed by atoms with Crippen molar-refractivity contribution >= 4 is 11.9 Å². The lowest BCUT2D eigenvalue weighted by Gasteiger charge is -2.19. The summed E-state index contributed by atoms with van der Waals surface area (Å²) in [5.74, 6) is -0.491. The van der Waals surface area contributed by atoms with Gasteiger partial charge in [-0.05, 0) is 32.9 Å². The van der Waals surface area contributed by atoms with Gasteiger partial charge >= 0.3 is 5.97 Å². The number of hydrogen-bond acceptors (Lipinski definition) is 3. The van der Waals surface area contributed by atoms with E-state index in [0.717, 1.165) is 0 Å². The summed E-state index contributed by atoms with van der Waals surface area (Å²) in [6.07, 6.45) is 0.176. The van der Waals surface area contributed by atoms with E-state index in [0.29, 0.717) is 5.56 Å². The summed E-state index contributed by atoms with van der Waals surface area (Å²) in [6.45, 7) is 5.72. The molecule has 0 saturated carbocycles. The van der Waals surface area contributed by atoms with Gasteiger partial charge in [-0.2, -0.15) is 0 Å². The topological polar surface area (TPSA) is 55.4 Å². The van der Waals surface area contributed by atoms with Crippen LogP contribution in [-0.2, 0) is 9.53 Å². The number of carbonyl (C=O) groups is 2. The molecule has 0 spiro atoms. The Kier molecular flexibility index (Phi) is 4.89. The molecular formula is C14H19NO3. The molecule has 0 aliphatic rings. The van der Waals surface area contributed by atoms with Crippen molar-refractivity contribution in [1.29, 1.82) is 0 Å². The van der Waals surface area contributed by atoms with E-state index in [1.807, 2.05) is 26.8 Å². The molecule has 0 heterocycles. The fraction of sp³-hybridized carbons (Fsp3) is 0.429. The van der Waals surface area contributed by atoms with Crippen LogP contribution in [0.5, 0.6) is 0 Å². The second-order valence-corrected chi connectivity index (χ2v) is 4.96. The third kappa shape index (κ3) is 5.48. The first-order valence-corrected chi connectivity index (χ1v) is 5.93. The van der Waals surface area contributed by atoms with Crippen LogP contribution < -0.4 is 5.32 Å². The second kappa shape index (κ2) is 6.19. The molecule has 4 nitrogen and oxygen atoms in total. The minimum Gasteiger partial charge on any atom is -0.460 e. The molecule has 1 rings (SSSR count). The highest BCUT2D eigenvalue weighted by atomic mass is 16.6. The van der Waals surface area contributed by atoms with Crippen LogP contribution in [0.1, 0.15) is 37.6 Å². The van der Waals surface area contributed by atoms with E-state index in [4.69, 9.17) is 4.74 Å². The van der Waals surface area contributed by atoms with Gasteiger partial charge in [0.15, 0.2) is 0 Å². The van der Waals surface area contributed by atoms with E-state index in [2.05, 4.69) is 5.32 Å². The van der Waals surface area contributed by atoms with Gasteiger partial charge in [-0.15, -0.1) is 0 Å². The zero-order valence-electron chi connectivity index (χ0n) is 11.0. The summed E-state index contributed by atoms with van der Waals surface area (Å²) in [4.78, 5) is 23.1. The van der Waals surface area contributed by atoms with Crippen LogP contribution in [0.25, 0.3) is 0 Å². The number of rotatable bonds is 4. The molecular weight excluding hydrogens is 230 g/mol. The van der Waals surface area contributed by atoms with Gasteiger partial charge in [-0.1, -0.05) is 18.2 Å². The Labute approximate surface area is 107 Å². The highest BCUT2D eigenvalue weighted by Crippen LogP contribution is 2.07. The zero-order chi connectivity index (χ0) is 13.6. The van der Waals surface area contributed by atoms with Crippen LogP contribution in [-0.4, -0.2) is 24.0 Å². The Hall–Kier alpha value is -1.84. The van der Waals surface area contributed by atoms with Crippen LogP contribution in [0.4, 0.5) is 0 Å². The Morgan fingerprint density at radius 3 is 2.33 bits per heavy atom. The molecule has 4 heteroatoms. The average molecular weight is 249 g/mol.